The zero-order valence-corrected chi connectivity index (χ0v) is 25.8. The van der Waals surface area contributed by atoms with E-state index < -0.39 is 0 Å². The first kappa shape index (κ1) is 30.9. The minimum absolute atomic E-state index is 0.174. The second kappa shape index (κ2) is 14.7. The van der Waals surface area contributed by atoms with Gasteiger partial charge in [0.2, 0.25) is 0 Å². The van der Waals surface area contributed by atoms with E-state index in [1.807, 2.05) is 43.3 Å². The van der Waals surface area contributed by atoms with E-state index in [0.717, 1.165) is 22.9 Å². The third-order valence-corrected chi connectivity index (χ3v) is 7.61. The maximum atomic E-state index is 13.6. The Bertz CT molecular complexity index is 1750. The Morgan fingerprint density at radius 1 is 1.02 bits per heavy atom. The van der Waals surface area contributed by atoms with Crippen molar-refractivity contribution in [3.05, 3.63) is 129 Å². The number of amides is 2. The zero-order valence-electron chi connectivity index (χ0n) is 23.4. The molecule has 1 N–H and O–H groups in total. The minimum Gasteiger partial charge on any atom is -0.483 e. The third kappa shape index (κ3) is 8.50. The average molecular weight is 646 g/mol. The van der Waals surface area contributed by atoms with Crippen LogP contribution >= 0.6 is 35.0 Å². The topological polar surface area (TPSA) is 96.5 Å². The molecule has 1 saturated heterocycles. The molecule has 1 aromatic heterocycles. The standard InChI is InChI=1S/C33H26Cl2N4O4S/c1-22(16-23-6-3-2-4-7-23)19-36-38-33-39(20-28-8-5-15-42-28)32(41)30(44-33)18-24-17-26(35)11-14-29(24)43-21-31(40)37-27-12-9-25(34)10-13-27/h2-19H,20-21H2,1H3,(H,37,40)/b22-16+,30-18-,36-19-,38-33+. The van der Waals surface area contributed by atoms with Crippen molar-refractivity contribution in [2.45, 2.75) is 13.5 Å². The molecule has 0 radical (unpaired) electrons. The van der Waals surface area contributed by atoms with Gasteiger partial charge in [-0.1, -0.05) is 59.6 Å². The summed E-state index contributed by atoms with van der Waals surface area (Å²) in [5, 5.41) is 12.8. The quantitative estimate of drug-likeness (QED) is 0.107. The molecule has 0 aliphatic carbocycles. The van der Waals surface area contributed by atoms with Crippen molar-refractivity contribution < 1.29 is 18.7 Å². The maximum Gasteiger partial charge on any atom is 0.267 e. The van der Waals surface area contributed by atoms with Crippen molar-refractivity contribution in [3.8, 4) is 5.75 Å². The first-order valence-electron chi connectivity index (χ1n) is 13.4. The third-order valence-electron chi connectivity index (χ3n) is 6.13. The van der Waals surface area contributed by atoms with Crippen LogP contribution in [0, 0.1) is 0 Å². The Kier molecular flexibility index (Phi) is 10.3. The number of nitrogens with one attached hydrogen (secondary N) is 1. The van der Waals surface area contributed by atoms with Gasteiger partial charge in [0.1, 0.15) is 11.5 Å². The summed E-state index contributed by atoms with van der Waals surface area (Å²) in [6, 6.07) is 25.1. The summed E-state index contributed by atoms with van der Waals surface area (Å²) in [5.41, 5.74) is 3.05. The monoisotopic (exact) mass is 644 g/mol. The highest BCUT2D eigenvalue weighted by Gasteiger charge is 2.34. The molecule has 4 aromatic rings. The SMILES string of the molecule is CC(/C=N\N=C1\S/C(=C\c2cc(Cl)ccc2OCC(=O)Nc2ccc(Cl)cc2)C(=O)N1Cc1ccco1)=C\c1ccccc1. The lowest BCUT2D eigenvalue weighted by molar-refractivity contribution is -0.122. The van der Waals surface area contributed by atoms with Crippen molar-refractivity contribution in [2.24, 2.45) is 10.2 Å². The molecule has 222 valence electrons. The number of hydrogen-bond acceptors (Lipinski definition) is 7. The normalized spacial score (nSPS) is 15.5. The predicted octanol–water partition coefficient (Wildman–Crippen LogP) is 8.17. The molecule has 1 aliphatic heterocycles. The van der Waals surface area contributed by atoms with E-state index in [1.165, 1.54) is 4.90 Å². The van der Waals surface area contributed by atoms with Gasteiger partial charge in [-0.15, -0.1) is 5.10 Å². The number of nitrogens with zero attached hydrogens (tertiary/aromatic N) is 3. The zero-order chi connectivity index (χ0) is 30.9. The van der Waals surface area contributed by atoms with Gasteiger partial charge < -0.3 is 14.5 Å². The Hall–Kier alpha value is -4.57. The molecule has 2 heterocycles. The highest BCUT2D eigenvalue weighted by atomic mass is 35.5. The number of furan rings is 1. The van der Waals surface area contributed by atoms with Gasteiger partial charge in [0.15, 0.2) is 11.8 Å². The van der Waals surface area contributed by atoms with Crippen molar-refractivity contribution in [1.82, 2.24) is 4.90 Å². The van der Waals surface area contributed by atoms with Crippen LogP contribution in [-0.4, -0.2) is 34.7 Å². The van der Waals surface area contributed by atoms with E-state index >= 15 is 0 Å². The molecule has 3 aromatic carbocycles. The molecule has 1 fully saturated rings. The Morgan fingerprint density at radius 3 is 2.55 bits per heavy atom. The van der Waals surface area contributed by atoms with Crippen LogP contribution in [0.3, 0.4) is 0 Å². The van der Waals surface area contributed by atoms with Gasteiger partial charge in [-0.3, -0.25) is 14.5 Å². The van der Waals surface area contributed by atoms with Crippen molar-refractivity contribution in [1.29, 1.82) is 0 Å². The van der Waals surface area contributed by atoms with Gasteiger partial charge in [-0.05, 0) is 90.5 Å². The van der Waals surface area contributed by atoms with Crippen LogP contribution in [0.4, 0.5) is 5.69 Å². The van der Waals surface area contributed by atoms with E-state index in [2.05, 4.69) is 15.5 Å². The Labute approximate surface area is 268 Å². The molecule has 5 rings (SSSR count). The maximum absolute atomic E-state index is 13.6. The lowest BCUT2D eigenvalue weighted by atomic mass is 10.1. The molecule has 2 amide bonds. The molecular weight excluding hydrogens is 619 g/mol. The summed E-state index contributed by atoms with van der Waals surface area (Å²) < 4.78 is 11.3. The fourth-order valence-electron chi connectivity index (χ4n) is 4.08. The number of thioether (sulfide) groups is 1. The number of ether oxygens (including phenoxy) is 1. The van der Waals surface area contributed by atoms with E-state index in [4.69, 9.17) is 32.4 Å². The van der Waals surface area contributed by atoms with E-state index in [9.17, 15) is 9.59 Å². The van der Waals surface area contributed by atoms with E-state index in [1.54, 1.807) is 73.2 Å². The Morgan fingerprint density at radius 2 is 1.80 bits per heavy atom. The number of benzene rings is 3. The molecule has 0 saturated carbocycles. The lowest BCUT2D eigenvalue weighted by Crippen LogP contribution is -2.28. The second-order valence-electron chi connectivity index (χ2n) is 9.53. The molecule has 8 nitrogen and oxygen atoms in total. The van der Waals surface area contributed by atoms with Crippen LogP contribution in [0.2, 0.25) is 10.0 Å². The minimum atomic E-state index is -0.360. The van der Waals surface area contributed by atoms with Crippen LogP contribution in [0.25, 0.3) is 12.2 Å². The van der Waals surface area contributed by atoms with Gasteiger partial charge in [0.05, 0.1) is 23.9 Å². The average Bonchev–Trinajstić information content (AvgIpc) is 3.63. The molecule has 44 heavy (non-hydrogen) atoms. The summed E-state index contributed by atoms with van der Waals surface area (Å²) in [5.74, 6) is 0.323. The highest BCUT2D eigenvalue weighted by molar-refractivity contribution is 8.18. The molecule has 0 bridgehead atoms. The van der Waals surface area contributed by atoms with Crippen molar-refractivity contribution >= 4 is 76.0 Å². The summed E-state index contributed by atoms with van der Waals surface area (Å²) >= 11 is 13.4. The smallest absolute Gasteiger partial charge is 0.267 e. The fourth-order valence-corrected chi connectivity index (χ4v) is 5.31. The lowest BCUT2D eigenvalue weighted by Gasteiger charge is -2.13. The number of amidine groups is 1. The number of rotatable bonds is 10. The van der Waals surface area contributed by atoms with Crippen LogP contribution in [0.5, 0.6) is 5.75 Å². The van der Waals surface area contributed by atoms with Gasteiger partial charge in [-0.25, -0.2) is 0 Å². The van der Waals surface area contributed by atoms with Gasteiger partial charge in [0, 0.05) is 21.3 Å². The van der Waals surface area contributed by atoms with E-state index in [-0.39, 0.29) is 25.0 Å². The van der Waals surface area contributed by atoms with E-state index in [0.29, 0.717) is 42.9 Å². The molecule has 0 atom stereocenters. The second-order valence-corrected chi connectivity index (χ2v) is 11.4. The first-order valence-corrected chi connectivity index (χ1v) is 15.0. The Balaban J connectivity index is 1.35. The van der Waals surface area contributed by atoms with Crippen molar-refractivity contribution in [3.63, 3.8) is 0 Å². The number of anilines is 1. The van der Waals surface area contributed by atoms with Crippen LogP contribution < -0.4 is 10.1 Å². The molecule has 1 aliphatic rings. The number of halogens is 2. The van der Waals surface area contributed by atoms with Crippen LogP contribution in [-0.2, 0) is 16.1 Å². The number of hydrogen-bond donors (Lipinski definition) is 1. The summed E-state index contributed by atoms with van der Waals surface area (Å²) in [6.45, 7) is 1.84. The summed E-state index contributed by atoms with van der Waals surface area (Å²) in [7, 11) is 0. The predicted molar refractivity (Wildman–Crippen MR) is 178 cm³/mol. The van der Waals surface area contributed by atoms with Crippen LogP contribution in [0.1, 0.15) is 23.8 Å². The molecular formula is C33H26Cl2N4O4S. The van der Waals surface area contributed by atoms with Crippen molar-refractivity contribution in [2.75, 3.05) is 11.9 Å². The molecule has 0 spiro atoms. The highest BCUT2D eigenvalue weighted by Crippen LogP contribution is 2.36. The molecule has 11 heteroatoms. The largest absolute Gasteiger partial charge is 0.483 e. The van der Waals surface area contributed by atoms with Crippen LogP contribution in [0.15, 0.2) is 116 Å². The van der Waals surface area contributed by atoms with Gasteiger partial charge in [-0.2, -0.15) is 5.10 Å². The first-order chi connectivity index (χ1) is 21.3. The summed E-state index contributed by atoms with van der Waals surface area (Å²) in [4.78, 5) is 28.0. The van der Waals surface area contributed by atoms with Gasteiger partial charge in [0.25, 0.3) is 11.8 Å². The number of carbonyl (C=O) groups excluding carboxylic acids is 2. The summed E-state index contributed by atoms with van der Waals surface area (Å²) in [6.07, 6.45) is 6.83. The number of carbonyl (C=O) groups is 2. The molecule has 0 unspecified atom stereocenters. The number of allylic oxidation sites excluding steroid dienone is 1. The van der Waals surface area contributed by atoms with Gasteiger partial charge >= 0.3 is 0 Å². The fraction of sp³-hybridized carbons (Fsp3) is 0.0909.